The van der Waals surface area contributed by atoms with Crippen LogP contribution in [0, 0.1) is 0 Å². The lowest BCUT2D eigenvalue weighted by Crippen LogP contribution is -2.05. The van der Waals surface area contributed by atoms with E-state index in [-0.39, 0.29) is 0 Å². The van der Waals surface area contributed by atoms with Gasteiger partial charge in [0.15, 0.2) is 0 Å². The summed E-state index contributed by atoms with van der Waals surface area (Å²) in [6.07, 6.45) is 3.84. The van der Waals surface area contributed by atoms with E-state index >= 15 is 0 Å². The van der Waals surface area contributed by atoms with E-state index in [9.17, 15) is 4.79 Å². The Morgan fingerprint density at radius 1 is 1.70 bits per heavy atom. The summed E-state index contributed by atoms with van der Waals surface area (Å²) < 4.78 is 0. The summed E-state index contributed by atoms with van der Waals surface area (Å²) in [5.41, 5.74) is 3.24. The van der Waals surface area contributed by atoms with Crippen LogP contribution < -0.4 is 5.43 Å². The summed E-state index contributed by atoms with van der Waals surface area (Å²) in [7, 11) is 0. The standard InChI is InChI=1S/C7H14N2O/c1-3-4-5-7(2)9-8-6-10/h6H,3-5H2,1-2H3,(H,8,10)/b9-7+. The number of hydrogen-bond acceptors (Lipinski definition) is 2. The molecule has 0 radical (unpaired) electrons. The van der Waals surface area contributed by atoms with Gasteiger partial charge in [-0.25, -0.2) is 5.43 Å². The van der Waals surface area contributed by atoms with Gasteiger partial charge in [0.1, 0.15) is 0 Å². The van der Waals surface area contributed by atoms with Crippen molar-refractivity contribution in [2.75, 3.05) is 0 Å². The molecule has 0 aromatic heterocycles. The first-order valence-electron chi connectivity index (χ1n) is 3.53. The van der Waals surface area contributed by atoms with Crippen molar-refractivity contribution < 1.29 is 4.79 Å². The van der Waals surface area contributed by atoms with Gasteiger partial charge in [0.05, 0.1) is 0 Å². The van der Waals surface area contributed by atoms with Crippen LogP contribution in [-0.2, 0) is 4.79 Å². The SMILES string of the molecule is CCCC/C(C)=N/NC=O. The van der Waals surface area contributed by atoms with Crippen molar-refractivity contribution in [3.05, 3.63) is 0 Å². The molecule has 0 fully saturated rings. The molecule has 0 heterocycles. The summed E-state index contributed by atoms with van der Waals surface area (Å²) in [6, 6.07) is 0. The van der Waals surface area contributed by atoms with Gasteiger partial charge in [-0.15, -0.1) is 0 Å². The van der Waals surface area contributed by atoms with Crippen molar-refractivity contribution in [3.63, 3.8) is 0 Å². The maximum absolute atomic E-state index is 9.76. The number of hydrazone groups is 1. The minimum atomic E-state index is 0.579. The topological polar surface area (TPSA) is 41.5 Å². The average Bonchev–Trinajstić information content (AvgIpc) is 1.97. The fourth-order valence-corrected chi connectivity index (χ4v) is 0.625. The molecule has 10 heavy (non-hydrogen) atoms. The van der Waals surface area contributed by atoms with Crippen molar-refractivity contribution in [2.24, 2.45) is 5.10 Å². The maximum Gasteiger partial charge on any atom is 0.227 e. The predicted molar refractivity (Wildman–Crippen MR) is 41.8 cm³/mol. The van der Waals surface area contributed by atoms with E-state index in [1.807, 2.05) is 6.92 Å². The molecule has 58 valence electrons. The largest absolute Gasteiger partial charge is 0.277 e. The second-order valence-corrected chi connectivity index (χ2v) is 2.20. The molecule has 0 atom stereocenters. The van der Waals surface area contributed by atoms with E-state index in [0.29, 0.717) is 6.41 Å². The summed E-state index contributed by atoms with van der Waals surface area (Å²) in [4.78, 5) is 9.76. The predicted octanol–water partition coefficient (Wildman–Crippen LogP) is 1.30. The van der Waals surface area contributed by atoms with Crippen molar-refractivity contribution in [3.8, 4) is 0 Å². The van der Waals surface area contributed by atoms with Gasteiger partial charge in [0.25, 0.3) is 0 Å². The number of amides is 1. The number of unbranched alkanes of at least 4 members (excludes halogenated alkanes) is 1. The average molecular weight is 142 g/mol. The Balaban J connectivity index is 3.38. The lowest BCUT2D eigenvalue weighted by molar-refractivity contribution is -0.109. The van der Waals surface area contributed by atoms with Crippen LogP contribution in [0.25, 0.3) is 0 Å². The summed E-state index contributed by atoms with van der Waals surface area (Å²) >= 11 is 0. The van der Waals surface area contributed by atoms with Crippen LogP contribution in [0.5, 0.6) is 0 Å². The molecular formula is C7H14N2O. The summed E-state index contributed by atoms with van der Waals surface area (Å²) in [6.45, 7) is 4.03. The summed E-state index contributed by atoms with van der Waals surface area (Å²) in [5, 5.41) is 3.78. The first-order valence-corrected chi connectivity index (χ1v) is 3.53. The zero-order valence-electron chi connectivity index (χ0n) is 6.55. The van der Waals surface area contributed by atoms with Crippen LogP contribution in [-0.4, -0.2) is 12.1 Å². The third-order valence-corrected chi connectivity index (χ3v) is 1.20. The molecular weight excluding hydrogens is 128 g/mol. The van der Waals surface area contributed by atoms with Gasteiger partial charge >= 0.3 is 0 Å². The Bertz CT molecular complexity index is 121. The van der Waals surface area contributed by atoms with Gasteiger partial charge in [-0.1, -0.05) is 13.3 Å². The molecule has 0 aliphatic rings. The third-order valence-electron chi connectivity index (χ3n) is 1.20. The van der Waals surface area contributed by atoms with E-state index in [1.54, 1.807) is 0 Å². The first-order chi connectivity index (χ1) is 4.81. The Labute approximate surface area is 61.5 Å². The van der Waals surface area contributed by atoms with Gasteiger partial charge < -0.3 is 0 Å². The molecule has 1 amide bonds. The molecule has 0 aliphatic heterocycles. The highest BCUT2D eigenvalue weighted by atomic mass is 16.1. The third kappa shape index (κ3) is 5.28. The lowest BCUT2D eigenvalue weighted by atomic mass is 10.2. The number of rotatable bonds is 5. The number of carbonyl (C=O) groups excluding carboxylic acids is 1. The number of hydrogen-bond donors (Lipinski definition) is 1. The Kier molecular flexibility index (Phi) is 5.72. The monoisotopic (exact) mass is 142 g/mol. The van der Waals surface area contributed by atoms with E-state index < -0.39 is 0 Å². The van der Waals surface area contributed by atoms with Gasteiger partial charge in [0.2, 0.25) is 6.41 Å². The Hall–Kier alpha value is -0.860. The molecule has 0 spiro atoms. The second kappa shape index (κ2) is 6.26. The maximum atomic E-state index is 9.76. The Morgan fingerprint density at radius 2 is 2.40 bits per heavy atom. The van der Waals surface area contributed by atoms with Crippen molar-refractivity contribution >= 4 is 12.1 Å². The highest BCUT2D eigenvalue weighted by Gasteiger charge is 1.88. The van der Waals surface area contributed by atoms with Gasteiger partial charge in [0, 0.05) is 5.71 Å². The van der Waals surface area contributed by atoms with Gasteiger partial charge in [-0.05, 0) is 19.8 Å². The fourth-order valence-electron chi connectivity index (χ4n) is 0.625. The molecule has 0 bridgehead atoms. The fraction of sp³-hybridized carbons (Fsp3) is 0.714. The number of nitrogens with zero attached hydrogens (tertiary/aromatic N) is 1. The van der Waals surface area contributed by atoms with Crippen LogP contribution in [0.2, 0.25) is 0 Å². The van der Waals surface area contributed by atoms with E-state index in [0.717, 1.165) is 25.0 Å². The second-order valence-electron chi connectivity index (χ2n) is 2.20. The van der Waals surface area contributed by atoms with Crippen LogP contribution >= 0.6 is 0 Å². The minimum absolute atomic E-state index is 0.579. The summed E-state index contributed by atoms with van der Waals surface area (Å²) in [5.74, 6) is 0. The van der Waals surface area contributed by atoms with Crippen molar-refractivity contribution in [2.45, 2.75) is 33.1 Å². The molecule has 0 saturated heterocycles. The van der Waals surface area contributed by atoms with Crippen LogP contribution in [0.3, 0.4) is 0 Å². The molecule has 3 nitrogen and oxygen atoms in total. The zero-order chi connectivity index (χ0) is 7.82. The van der Waals surface area contributed by atoms with Gasteiger partial charge in [-0.2, -0.15) is 5.10 Å². The zero-order valence-corrected chi connectivity index (χ0v) is 6.55. The quantitative estimate of drug-likeness (QED) is 0.351. The number of nitrogens with one attached hydrogen (secondary N) is 1. The van der Waals surface area contributed by atoms with Crippen LogP contribution in [0.1, 0.15) is 33.1 Å². The van der Waals surface area contributed by atoms with Crippen molar-refractivity contribution in [1.82, 2.24) is 5.43 Å². The van der Waals surface area contributed by atoms with Crippen LogP contribution in [0.4, 0.5) is 0 Å². The molecule has 0 aromatic carbocycles. The normalized spacial score (nSPS) is 11.2. The van der Waals surface area contributed by atoms with E-state index in [1.165, 1.54) is 0 Å². The smallest absolute Gasteiger partial charge is 0.227 e. The molecule has 0 saturated carbocycles. The van der Waals surface area contributed by atoms with Crippen LogP contribution in [0.15, 0.2) is 5.10 Å². The molecule has 1 N–H and O–H groups in total. The molecule has 0 unspecified atom stereocenters. The van der Waals surface area contributed by atoms with E-state index in [4.69, 9.17) is 0 Å². The molecule has 0 aliphatic carbocycles. The minimum Gasteiger partial charge on any atom is -0.277 e. The lowest BCUT2D eigenvalue weighted by Gasteiger charge is -1.95. The van der Waals surface area contributed by atoms with Gasteiger partial charge in [-0.3, -0.25) is 4.79 Å². The van der Waals surface area contributed by atoms with E-state index in [2.05, 4.69) is 17.5 Å². The van der Waals surface area contributed by atoms with Crippen molar-refractivity contribution in [1.29, 1.82) is 0 Å². The molecule has 0 rings (SSSR count). The highest BCUT2D eigenvalue weighted by molar-refractivity contribution is 5.82. The molecule has 3 heteroatoms. The number of carbonyl (C=O) groups is 1. The Morgan fingerprint density at radius 3 is 2.90 bits per heavy atom. The highest BCUT2D eigenvalue weighted by Crippen LogP contribution is 1.94. The molecule has 0 aromatic rings. The first kappa shape index (κ1) is 9.14.